The van der Waals surface area contributed by atoms with Crippen molar-refractivity contribution in [3.8, 4) is 0 Å². The average molecular weight is 242 g/mol. The van der Waals surface area contributed by atoms with Crippen LogP contribution in [0.4, 0.5) is 0 Å². The Morgan fingerprint density at radius 3 is 2.53 bits per heavy atom. The molecule has 0 bridgehead atoms. The van der Waals surface area contributed by atoms with Crippen LogP contribution in [0.15, 0.2) is 0 Å². The minimum Gasteiger partial charge on any atom is -0.391 e. The molecule has 1 rings (SSSR count). The number of carbonyl (C=O) groups excluding carboxylic acids is 1. The lowest BCUT2D eigenvalue weighted by atomic mass is 9.92. The summed E-state index contributed by atoms with van der Waals surface area (Å²) in [5.74, 6) is 0.0349. The predicted molar refractivity (Wildman–Crippen MR) is 68.8 cm³/mol. The number of hydrogen-bond acceptors (Lipinski definition) is 3. The molecule has 1 saturated carbocycles. The molecule has 2 atom stereocenters. The van der Waals surface area contributed by atoms with E-state index in [2.05, 4.69) is 31.4 Å². The van der Waals surface area contributed by atoms with Crippen LogP contribution in [0.25, 0.3) is 0 Å². The van der Waals surface area contributed by atoms with E-state index in [1.807, 2.05) is 0 Å². The zero-order chi connectivity index (χ0) is 12.9. The normalized spacial score (nSPS) is 25.6. The van der Waals surface area contributed by atoms with Crippen LogP contribution in [0.2, 0.25) is 0 Å². The smallest absolute Gasteiger partial charge is 0.221 e. The van der Waals surface area contributed by atoms with Crippen LogP contribution in [-0.2, 0) is 4.79 Å². The van der Waals surface area contributed by atoms with Gasteiger partial charge < -0.3 is 15.7 Å². The lowest BCUT2D eigenvalue weighted by molar-refractivity contribution is -0.123. The molecule has 100 valence electrons. The van der Waals surface area contributed by atoms with Gasteiger partial charge in [0.1, 0.15) is 0 Å². The summed E-state index contributed by atoms with van der Waals surface area (Å²) in [5, 5.41) is 15.9. The van der Waals surface area contributed by atoms with Crippen LogP contribution >= 0.6 is 0 Å². The molecule has 0 unspecified atom stereocenters. The molecule has 0 spiro atoms. The fourth-order valence-corrected chi connectivity index (χ4v) is 2.11. The number of carbonyl (C=O) groups is 1. The monoisotopic (exact) mass is 242 g/mol. The van der Waals surface area contributed by atoms with E-state index in [0.29, 0.717) is 13.0 Å². The van der Waals surface area contributed by atoms with Gasteiger partial charge >= 0.3 is 0 Å². The summed E-state index contributed by atoms with van der Waals surface area (Å²) in [6.07, 6.45) is 4.00. The van der Waals surface area contributed by atoms with Gasteiger partial charge in [0.05, 0.1) is 12.1 Å². The second-order valence-electron chi connectivity index (χ2n) is 5.95. The Balaban J connectivity index is 2.20. The fraction of sp³-hybridized carbons (Fsp3) is 0.923. The van der Waals surface area contributed by atoms with Gasteiger partial charge in [0.2, 0.25) is 5.91 Å². The lowest BCUT2D eigenvalue weighted by Gasteiger charge is -2.28. The molecular formula is C13H26N2O2. The van der Waals surface area contributed by atoms with Crippen LogP contribution in [0.3, 0.4) is 0 Å². The highest BCUT2D eigenvalue weighted by atomic mass is 16.3. The Morgan fingerprint density at radius 2 is 1.94 bits per heavy atom. The van der Waals surface area contributed by atoms with Crippen molar-refractivity contribution in [2.75, 3.05) is 6.54 Å². The number of aliphatic hydroxyl groups is 1. The van der Waals surface area contributed by atoms with Crippen molar-refractivity contribution in [2.24, 2.45) is 0 Å². The first kappa shape index (κ1) is 14.5. The van der Waals surface area contributed by atoms with Crippen molar-refractivity contribution in [3.05, 3.63) is 0 Å². The SMILES string of the molecule is CC(C)(C)NCCC(=O)N[C@H]1CCCC[C@@H]1O. The molecule has 3 N–H and O–H groups in total. The molecule has 17 heavy (non-hydrogen) atoms. The van der Waals surface area contributed by atoms with Gasteiger partial charge in [-0.2, -0.15) is 0 Å². The summed E-state index contributed by atoms with van der Waals surface area (Å²) in [7, 11) is 0. The van der Waals surface area contributed by atoms with Crippen LogP contribution < -0.4 is 10.6 Å². The maximum absolute atomic E-state index is 11.7. The van der Waals surface area contributed by atoms with Crippen molar-refractivity contribution in [1.82, 2.24) is 10.6 Å². The zero-order valence-corrected chi connectivity index (χ0v) is 11.3. The summed E-state index contributed by atoms with van der Waals surface area (Å²) < 4.78 is 0. The molecule has 4 heteroatoms. The molecule has 0 radical (unpaired) electrons. The Hall–Kier alpha value is -0.610. The third-order valence-electron chi connectivity index (χ3n) is 3.08. The van der Waals surface area contributed by atoms with Gasteiger partial charge in [0, 0.05) is 18.5 Å². The van der Waals surface area contributed by atoms with E-state index in [4.69, 9.17) is 0 Å². The first-order chi connectivity index (χ1) is 7.88. The molecule has 4 nitrogen and oxygen atoms in total. The van der Waals surface area contributed by atoms with E-state index >= 15 is 0 Å². The first-order valence-electron chi connectivity index (χ1n) is 6.61. The summed E-state index contributed by atoms with van der Waals surface area (Å²) in [6, 6.07) is -0.0362. The highest BCUT2D eigenvalue weighted by Crippen LogP contribution is 2.18. The minimum absolute atomic E-state index is 0.0349. The Labute approximate surface area is 104 Å². The Kier molecular flexibility index (Phi) is 5.40. The third-order valence-corrected chi connectivity index (χ3v) is 3.08. The van der Waals surface area contributed by atoms with E-state index in [-0.39, 0.29) is 23.6 Å². The van der Waals surface area contributed by atoms with Gasteiger partial charge in [-0.1, -0.05) is 12.8 Å². The minimum atomic E-state index is -0.358. The lowest BCUT2D eigenvalue weighted by Crippen LogP contribution is -2.46. The van der Waals surface area contributed by atoms with Crippen LogP contribution in [0.5, 0.6) is 0 Å². The first-order valence-corrected chi connectivity index (χ1v) is 6.61. The predicted octanol–water partition coefficient (Wildman–Crippen LogP) is 1.18. The van der Waals surface area contributed by atoms with Crippen LogP contribution in [0.1, 0.15) is 52.9 Å². The molecule has 0 saturated heterocycles. The summed E-state index contributed by atoms with van der Waals surface area (Å²) in [5.41, 5.74) is 0.0463. The van der Waals surface area contributed by atoms with Crippen molar-refractivity contribution in [3.63, 3.8) is 0 Å². The standard InChI is InChI=1S/C13H26N2O2/c1-13(2,3)14-9-8-12(17)15-10-6-4-5-7-11(10)16/h10-11,14,16H,4-9H2,1-3H3,(H,15,17)/t10-,11-/m0/s1. The molecule has 0 aromatic carbocycles. The van der Waals surface area contributed by atoms with E-state index in [1.165, 1.54) is 0 Å². The fourth-order valence-electron chi connectivity index (χ4n) is 2.11. The quantitative estimate of drug-likeness (QED) is 0.694. The topological polar surface area (TPSA) is 61.4 Å². The molecule has 0 heterocycles. The van der Waals surface area contributed by atoms with E-state index in [0.717, 1.165) is 25.7 Å². The molecule has 1 aliphatic rings. The largest absolute Gasteiger partial charge is 0.391 e. The van der Waals surface area contributed by atoms with Crippen molar-refractivity contribution in [2.45, 2.75) is 70.6 Å². The Morgan fingerprint density at radius 1 is 1.29 bits per heavy atom. The molecule has 1 amide bonds. The number of rotatable bonds is 4. The highest BCUT2D eigenvalue weighted by Gasteiger charge is 2.24. The molecule has 0 aromatic heterocycles. The average Bonchev–Trinajstić information content (AvgIpc) is 2.19. The zero-order valence-electron chi connectivity index (χ0n) is 11.3. The summed E-state index contributed by atoms with van der Waals surface area (Å²) in [4.78, 5) is 11.7. The number of amides is 1. The van der Waals surface area contributed by atoms with Gasteiger partial charge in [0.25, 0.3) is 0 Å². The van der Waals surface area contributed by atoms with Crippen LogP contribution in [-0.4, -0.2) is 35.2 Å². The van der Waals surface area contributed by atoms with E-state index in [9.17, 15) is 9.90 Å². The second kappa shape index (κ2) is 6.36. The highest BCUT2D eigenvalue weighted by molar-refractivity contribution is 5.76. The molecule has 1 fully saturated rings. The third kappa shape index (κ3) is 6.03. The summed E-state index contributed by atoms with van der Waals surface area (Å²) in [6.45, 7) is 6.92. The van der Waals surface area contributed by atoms with E-state index < -0.39 is 0 Å². The second-order valence-corrected chi connectivity index (χ2v) is 5.95. The van der Waals surface area contributed by atoms with E-state index in [1.54, 1.807) is 0 Å². The molecule has 0 aliphatic heterocycles. The van der Waals surface area contributed by atoms with Crippen molar-refractivity contribution >= 4 is 5.91 Å². The maximum atomic E-state index is 11.7. The van der Waals surface area contributed by atoms with Crippen LogP contribution in [0, 0.1) is 0 Å². The number of aliphatic hydroxyl groups excluding tert-OH is 1. The Bertz CT molecular complexity index is 248. The van der Waals surface area contributed by atoms with Crippen molar-refractivity contribution < 1.29 is 9.90 Å². The molecular weight excluding hydrogens is 216 g/mol. The number of nitrogens with one attached hydrogen (secondary N) is 2. The molecule has 1 aliphatic carbocycles. The van der Waals surface area contributed by atoms with Crippen molar-refractivity contribution in [1.29, 1.82) is 0 Å². The van der Waals surface area contributed by atoms with Gasteiger partial charge in [-0.05, 0) is 33.6 Å². The van der Waals surface area contributed by atoms with Gasteiger partial charge in [0.15, 0.2) is 0 Å². The molecule has 0 aromatic rings. The van der Waals surface area contributed by atoms with Gasteiger partial charge in [-0.25, -0.2) is 0 Å². The summed E-state index contributed by atoms with van der Waals surface area (Å²) >= 11 is 0. The van der Waals surface area contributed by atoms with Gasteiger partial charge in [-0.15, -0.1) is 0 Å². The van der Waals surface area contributed by atoms with Gasteiger partial charge in [-0.3, -0.25) is 4.79 Å². The maximum Gasteiger partial charge on any atom is 0.221 e. The number of hydrogen-bond donors (Lipinski definition) is 3.